The van der Waals surface area contributed by atoms with E-state index in [9.17, 15) is 14.4 Å². The third-order valence-electron chi connectivity index (χ3n) is 2.78. The summed E-state index contributed by atoms with van der Waals surface area (Å²) in [7, 11) is 0. The number of ether oxygens (including phenoxy) is 3. The lowest BCUT2D eigenvalue weighted by atomic mass is 10.2. The van der Waals surface area contributed by atoms with Gasteiger partial charge in [0.1, 0.15) is 13.2 Å². The first-order valence-electron chi connectivity index (χ1n) is 7.22. The van der Waals surface area contributed by atoms with Crippen LogP contribution in [0.25, 0.3) is 0 Å². The summed E-state index contributed by atoms with van der Waals surface area (Å²) >= 11 is 0. The molecule has 0 radical (unpaired) electrons. The van der Waals surface area contributed by atoms with Crippen LogP contribution in [0.5, 0.6) is 0 Å². The fraction of sp³-hybridized carbons (Fsp3) is 0.278. The van der Waals surface area contributed by atoms with Crippen LogP contribution in [0.4, 0.5) is 0 Å². The SMILES string of the molecule is C=C(C)C(=O)OCC(COC(=O)c1ccccc1)OC(=O)C(=C)C. The molecule has 1 atom stereocenters. The molecule has 6 heteroatoms. The third kappa shape index (κ3) is 6.48. The van der Waals surface area contributed by atoms with Crippen molar-refractivity contribution in [3.05, 3.63) is 60.2 Å². The summed E-state index contributed by atoms with van der Waals surface area (Å²) in [6.07, 6.45) is -0.940. The highest BCUT2D eigenvalue weighted by Crippen LogP contribution is 2.06. The van der Waals surface area contributed by atoms with E-state index in [-0.39, 0.29) is 24.4 Å². The molecule has 0 heterocycles. The lowest BCUT2D eigenvalue weighted by Crippen LogP contribution is -2.31. The van der Waals surface area contributed by atoms with Crippen molar-refractivity contribution in [1.82, 2.24) is 0 Å². The molecule has 0 aromatic heterocycles. The van der Waals surface area contributed by atoms with Crippen LogP contribution in [0.3, 0.4) is 0 Å². The Morgan fingerprint density at radius 3 is 2.00 bits per heavy atom. The highest BCUT2D eigenvalue weighted by molar-refractivity contribution is 5.89. The lowest BCUT2D eigenvalue weighted by molar-refractivity contribution is -0.156. The molecule has 0 amide bonds. The van der Waals surface area contributed by atoms with Crippen LogP contribution in [0.15, 0.2) is 54.6 Å². The standard InChI is InChI=1S/C18H20O6/c1-12(2)16(19)22-10-15(24-17(20)13(3)4)11-23-18(21)14-8-6-5-7-9-14/h5-9,15H,1,3,10-11H2,2,4H3. The molecule has 0 saturated carbocycles. The Morgan fingerprint density at radius 2 is 1.46 bits per heavy atom. The molecule has 1 unspecified atom stereocenters. The Hall–Kier alpha value is -2.89. The van der Waals surface area contributed by atoms with Gasteiger partial charge in [-0.2, -0.15) is 0 Å². The van der Waals surface area contributed by atoms with Crippen molar-refractivity contribution in [2.24, 2.45) is 0 Å². The molecule has 6 nitrogen and oxygen atoms in total. The van der Waals surface area contributed by atoms with Gasteiger partial charge in [-0.05, 0) is 26.0 Å². The zero-order valence-electron chi connectivity index (χ0n) is 13.7. The van der Waals surface area contributed by atoms with E-state index in [4.69, 9.17) is 14.2 Å². The van der Waals surface area contributed by atoms with Gasteiger partial charge >= 0.3 is 17.9 Å². The molecule has 1 aromatic rings. The van der Waals surface area contributed by atoms with Gasteiger partial charge in [0.15, 0.2) is 6.10 Å². The van der Waals surface area contributed by atoms with Crippen LogP contribution in [0.1, 0.15) is 24.2 Å². The van der Waals surface area contributed by atoms with E-state index >= 15 is 0 Å². The summed E-state index contributed by atoms with van der Waals surface area (Å²) in [4.78, 5) is 35.0. The second kappa shape index (κ2) is 9.29. The molecular formula is C18H20O6. The molecule has 128 valence electrons. The molecule has 0 saturated heterocycles. The van der Waals surface area contributed by atoms with Crippen molar-refractivity contribution in [2.45, 2.75) is 20.0 Å². The molecule has 0 aliphatic carbocycles. The van der Waals surface area contributed by atoms with E-state index in [1.807, 2.05) is 0 Å². The van der Waals surface area contributed by atoms with Crippen molar-refractivity contribution < 1.29 is 28.6 Å². The van der Waals surface area contributed by atoms with Gasteiger partial charge in [-0.1, -0.05) is 31.4 Å². The molecule has 0 aliphatic heterocycles. The number of hydrogen-bond acceptors (Lipinski definition) is 6. The minimum Gasteiger partial charge on any atom is -0.458 e. The van der Waals surface area contributed by atoms with Crippen molar-refractivity contribution in [3.63, 3.8) is 0 Å². The van der Waals surface area contributed by atoms with Crippen LogP contribution in [0.2, 0.25) is 0 Å². The number of carbonyl (C=O) groups excluding carboxylic acids is 3. The predicted octanol–water partition coefficient (Wildman–Crippen LogP) is 2.45. The monoisotopic (exact) mass is 332 g/mol. The van der Waals surface area contributed by atoms with Gasteiger partial charge in [0, 0.05) is 11.1 Å². The zero-order chi connectivity index (χ0) is 18.1. The summed E-state index contributed by atoms with van der Waals surface area (Å²) in [5.41, 5.74) is 0.753. The maximum Gasteiger partial charge on any atom is 0.338 e. The first kappa shape index (κ1) is 19.2. The van der Waals surface area contributed by atoms with Gasteiger partial charge in [0.2, 0.25) is 0 Å². The van der Waals surface area contributed by atoms with Gasteiger partial charge in [0.05, 0.1) is 5.56 Å². The van der Waals surface area contributed by atoms with E-state index in [0.29, 0.717) is 5.56 Å². The highest BCUT2D eigenvalue weighted by Gasteiger charge is 2.20. The number of esters is 3. The summed E-state index contributed by atoms with van der Waals surface area (Å²) in [6, 6.07) is 8.36. The Morgan fingerprint density at radius 1 is 0.917 bits per heavy atom. The Balaban J connectivity index is 2.64. The van der Waals surface area contributed by atoms with Gasteiger partial charge in [-0.25, -0.2) is 14.4 Å². The van der Waals surface area contributed by atoms with Crippen molar-refractivity contribution in [2.75, 3.05) is 13.2 Å². The summed E-state index contributed by atoms with van der Waals surface area (Å²) in [5, 5.41) is 0. The Labute approximate surface area is 140 Å². The highest BCUT2D eigenvalue weighted by atomic mass is 16.6. The molecule has 1 aromatic carbocycles. The normalized spacial score (nSPS) is 11.1. The topological polar surface area (TPSA) is 78.9 Å². The smallest absolute Gasteiger partial charge is 0.338 e. The third-order valence-corrected chi connectivity index (χ3v) is 2.78. The average Bonchev–Trinajstić information content (AvgIpc) is 2.56. The van der Waals surface area contributed by atoms with Crippen LogP contribution < -0.4 is 0 Å². The minimum atomic E-state index is -0.940. The second-order valence-corrected chi connectivity index (χ2v) is 5.15. The first-order valence-corrected chi connectivity index (χ1v) is 7.22. The number of carbonyl (C=O) groups is 3. The van der Waals surface area contributed by atoms with Crippen LogP contribution in [-0.2, 0) is 23.8 Å². The number of rotatable bonds is 8. The molecule has 24 heavy (non-hydrogen) atoms. The maximum atomic E-state index is 11.9. The van der Waals surface area contributed by atoms with E-state index in [1.165, 1.54) is 13.8 Å². The Bertz CT molecular complexity index is 632. The average molecular weight is 332 g/mol. The van der Waals surface area contributed by atoms with Crippen molar-refractivity contribution >= 4 is 17.9 Å². The Kier molecular flexibility index (Phi) is 7.42. The molecule has 0 fully saturated rings. The summed E-state index contributed by atoms with van der Waals surface area (Å²) in [5.74, 6) is -1.86. The molecule has 0 N–H and O–H groups in total. The van der Waals surface area contributed by atoms with Gasteiger partial charge in [-0.15, -0.1) is 0 Å². The summed E-state index contributed by atoms with van der Waals surface area (Å²) in [6.45, 7) is 9.39. The second-order valence-electron chi connectivity index (χ2n) is 5.15. The fourth-order valence-electron chi connectivity index (χ4n) is 1.49. The van der Waals surface area contributed by atoms with E-state index in [2.05, 4.69) is 13.2 Å². The van der Waals surface area contributed by atoms with E-state index in [0.717, 1.165) is 0 Å². The minimum absolute atomic E-state index is 0.181. The first-order chi connectivity index (χ1) is 11.3. The van der Waals surface area contributed by atoms with Crippen LogP contribution >= 0.6 is 0 Å². The largest absolute Gasteiger partial charge is 0.458 e. The summed E-state index contributed by atoms with van der Waals surface area (Å²) < 4.78 is 15.2. The molecule has 0 bridgehead atoms. The molecular weight excluding hydrogens is 312 g/mol. The fourth-order valence-corrected chi connectivity index (χ4v) is 1.49. The van der Waals surface area contributed by atoms with Gasteiger partial charge in [-0.3, -0.25) is 0 Å². The zero-order valence-corrected chi connectivity index (χ0v) is 13.7. The van der Waals surface area contributed by atoms with E-state index < -0.39 is 24.0 Å². The van der Waals surface area contributed by atoms with Crippen molar-refractivity contribution in [1.29, 1.82) is 0 Å². The van der Waals surface area contributed by atoms with Crippen molar-refractivity contribution in [3.8, 4) is 0 Å². The number of benzene rings is 1. The maximum absolute atomic E-state index is 11.9. The lowest BCUT2D eigenvalue weighted by Gasteiger charge is -2.18. The van der Waals surface area contributed by atoms with E-state index in [1.54, 1.807) is 30.3 Å². The molecule has 0 spiro atoms. The van der Waals surface area contributed by atoms with Crippen LogP contribution in [-0.4, -0.2) is 37.2 Å². The molecule has 1 rings (SSSR count). The molecule has 0 aliphatic rings. The predicted molar refractivity (Wildman–Crippen MR) is 87.2 cm³/mol. The quantitative estimate of drug-likeness (QED) is 0.413. The number of hydrogen-bond donors (Lipinski definition) is 0. The van der Waals surface area contributed by atoms with Gasteiger partial charge in [0.25, 0.3) is 0 Å². The van der Waals surface area contributed by atoms with Gasteiger partial charge < -0.3 is 14.2 Å². The van der Waals surface area contributed by atoms with Crippen LogP contribution in [0, 0.1) is 0 Å².